The fraction of sp³-hybridized carbons (Fsp3) is 0. The van der Waals surface area contributed by atoms with Crippen LogP contribution in [0.2, 0.25) is 0 Å². The molecule has 1 heterocycles. The van der Waals surface area contributed by atoms with Gasteiger partial charge in [-0.25, -0.2) is 17.5 Å². The monoisotopic (exact) mass is 306 g/mol. The number of primary sulfonamides is 1. The molecule has 0 amide bonds. The van der Waals surface area contributed by atoms with Crippen LogP contribution in [0.3, 0.4) is 0 Å². The molecule has 0 aliphatic rings. The molecule has 7 heteroatoms. The molecule has 102 valence electrons. The van der Waals surface area contributed by atoms with Gasteiger partial charge in [-0.3, -0.25) is 4.79 Å². The first kappa shape index (κ1) is 13.0. The highest BCUT2D eigenvalue weighted by Gasteiger charge is 2.11. The number of nitrogens with two attached hydrogens (primary N) is 1. The number of rotatable bonds is 2. The van der Waals surface area contributed by atoms with E-state index in [0.29, 0.717) is 11.1 Å². The molecule has 0 spiro atoms. The summed E-state index contributed by atoms with van der Waals surface area (Å²) < 4.78 is 24.8. The Balaban J connectivity index is 2.17. The van der Waals surface area contributed by atoms with Gasteiger partial charge in [0.15, 0.2) is 0 Å². The summed E-state index contributed by atoms with van der Waals surface area (Å²) in [6.07, 6.45) is 0. The first-order valence-corrected chi connectivity index (χ1v) is 8.03. The Morgan fingerprint density at radius 1 is 1.00 bits per heavy atom. The molecule has 0 radical (unpaired) electrons. The largest absolute Gasteiger partial charge is 0.273 e. The van der Waals surface area contributed by atoms with Crippen LogP contribution in [-0.2, 0) is 10.0 Å². The maximum Gasteiger partial charge on any atom is 0.273 e. The van der Waals surface area contributed by atoms with Gasteiger partial charge in [0.1, 0.15) is 0 Å². The minimum atomic E-state index is -3.72. The fourth-order valence-corrected chi connectivity index (χ4v) is 3.43. The Morgan fingerprint density at radius 3 is 2.25 bits per heavy atom. The van der Waals surface area contributed by atoms with Gasteiger partial charge in [-0.05, 0) is 36.4 Å². The van der Waals surface area contributed by atoms with Crippen LogP contribution < -0.4 is 10.7 Å². The van der Waals surface area contributed by atoms with Crippen LogP contribution in [0.15, 0.2) is 58.2 Å². The van der Waals surface area contributed by atoms with Crippen molar-refractivity contribution >= 4 is 31.6 Å². The quantitative estimate of drug-likeness (QED) is 0.782. The van der Waals surface area contributed by atoms with Gasteiger partial charge in [-0.15, -0.1) is 0 Å². The molecule has 0 aliphatic heterocycles. The topological polar surface area (TPSA) is 82.2 Å². The van der Waals surface area contributed by atoms with E-state index >= 15 is 0 Å². The molecule has 0 saturated carbocycles. The normalized spacial score (nSPS) is 11.8. The van der Waals surface area contributed by atoms with Crippen molar-refractivity contribution in [3.63, 3.8) is 0 Å². The van der Waals surface area contributed by atoms with Gasteiger partial charge in [0.2, 0.25) is 10.0 Å². The molecule has 3 aromatic rings. The van der Waals surface area contributed by atoms with Crippen LogP contribution >= 0.6 is 11.5 Å². The lowest BCUT2D eigenvalue weighted by Crippen LogP contribution is -2.13. The standard InChI is InChI=1S/C13H10N2O3S2/c14-20(17,18)10-7-5-9(6-8-10)15-13(16)11-3-1-2-4-12(11)19-15/h1-8H,(H2,14,17,18). The number of hydrogen-bond donors (Lipinski definition) is 1. The van der Waals surface area contributed by atoms with Crippen LogP contribution in [-0.4, -0.2) is 12.4 Å². The van der Waals surface area contributed by atoms with Crippen molar-refractivity contribution in [2.75, 3.05) is 0 Å². The Kier molecular flexibility index (Phi) is 2.97. The molecular formula is C13H10N2O3S2. The average molecular weight is 306 g/mol. The minimum absolute atomic E-state index is 0.0235. The maximum atomic E-state index is 12.2. The van der Waals surface area contributed by atoms with E-state index in [1.54, 1.807) is 18.2 Å². The molecule has 20 heavy (non-hydrogen) atoms. The molecule has 0 unspecified atom stereocenters. The summed E-state index contributed by atoms with van der Waals surface area (Å²) in [6.45, 7) is 0. The van der Waals surface area contributed by atoms with Crippen molar-refractivity contribution in [3.8, 4) is 5.69 Å². The van der Waals surface area contributed by atoms with Gasteiger partial charge in [0.25, 0.3) is 5.56 Å². The Hall–Kier alpha value is -1.96. The molecule has 2 aromatic carbocycles. The Bertz CT molecular complexity index is 938. The van der Waals surface area contributed by atoms with Crippen molar-refractivity contribution in [1.82, 2.24) is 3.96 Å². The van der Waals surface area contributed by atoms with Crippen molar-refractivity contribution in [3.05, 3.63) is 58.9 Å². The molecule has 3 rings (SSSR count). The lowest BCUT2D eigenvalue weighted by atomic mass is 10.3. The lowest BCUT2D eigenvalue weighted by molar-refractivity contribution is 0.598. The summed E-state index contributed by atoms with van der Waals surface area (Å²) in [6, 6.07) is 13.2. The summed E-state index contributed by atoms with van der Waals surface area (Å²) in [4.78, 5) is 12.3. The van der Waals surface area contributed by atoms with E-state index in [2.05, 4.69) is 0 Å². The Labute approximate surface area is 119 Å². The van der Waals surface area contributed by atoms with E-state index in [9.17, 15) is 13.2 Å². The number of hydrogen-bond acceptors (Lipinski definition) is 4. The van der Waals surface area contributed by atoms with Gasteiger partial charge in [0.05, 0.1) is 20.7 Å². The van der Waals surface area contributed by atoms with E-state index in [4.69, 9.17) is 5.14 Å². The van der Waals surface area contributed by atoms with E-state index in [1.807, 2.05) is 18.2 Å². The van der Waals surface area contributed by atoms with Gasteiger partial charge >= 0.3 is 0 Å². The van der Waals surface area contributed by atoms with Crippen molar-refractivity contribution < 1.29 is 8.42 Å². The third kappa shape index (κ3) is 2.15. The lowest BCUT2D eigenvalue weighted by Gasteiger charge is -2.01. The number of aromatic nitrogens is 1. The maximum absolute atomic E-state index is 12.2. The molecule has 5 nitrogen and oxygen atoms in total. The van der Waals surface area contributed by atoms with Gasteiger partial charge < -0.3 is 0 Å². The second-order valence-electron chi connectivity index (χ2n) is 4.23. The highest BCUT2D eigenvalue weighted by molar-refractivity contribution is 7.89. The summed E-state index contributed by atoms with van der Waals surface area (Å²) in [5, 5.41) is 5.69. The Morgan fingerprint density at radius 2 is 1.65 bits per heavy atom. The van der Waals surface area contributed by atoms with Crippen LogP contribution in [0.1, 0.15) is 0 Å². The number of nitrogens with zero attached hydrogens (tertiary/aromatic N) is 1. The zero-order chi connectivity index (χ0) is 14.3. The number of benzene rings is 2. The molecule has 0 bridgehead atoms. The molecular weight excluding hydrogens is 296 g/mol. The average Bonchev–Trinajstić information content (AvgIpc) is 2.76. The molecule has 0 fully saturated rings. The third-order valence-electron chi connectivity index (χ3n) is 2.89. The van der Waals surface area contributed by atoms with Gasteiger partial charge in [-0.2, -0.15) is 0 Å². The second kappa shape index (κ2) is 4.55. The van der Waals surface area contributed by atoms with E-state index in [1.165, 1.54) is 27.6 Å². The molecule has 0 aliphatic carbocycles. The minimum Gasteiger partial charge on any atom is -0.267 e. The molecule has 0 atom stereocenters. The highest BCUT2D eigenvalue weighted by atomic mass is 32.2. The molecule has 2 N–H and O–H groups in total. The summed E-state index contributed by atoms with van der Waals surface area (Å²) in [5.41, 5.74) is 0.498. The summed E-state index contributed by atoms with van der Waals surface area (Å²) in [7, 11) is -3.72. The first-order chi connectivity index (χ1) is 9.47. The van der Waals surface area contributed by atoms with Crippen molar-refractivity contribution in [2.24, 2.45) is 5.14 Å². The van der Waals surface area contributed by atoms with Gasteiger partial charge in [-0.1, -0.05) is 23.7 Å². The SMILES string of the molecule is NS(=O)(=O)c1ccc(-n2sc3ccccc3c2=O)cc1. The molecule has 0 saturated heterocycles. The fourth-order valence-electron chi connectivity index (χ4n) is 1.91. The highest BCUT2D eigenvalue weighted by Crippen LogP contribution is 2.20. The predicted octanol–water partition coefficient (Wildman–Crippen LogP) is 1.70. The zero-order valence-corrected chi connectivity index (χ0v) is 11.8. The van der Waals surface area contributed by atoms with Crippen LogP contribution in [0.25, 0.3) is 15.8 Å². The number of sulfonamides is 1. The zero-order valence-electron chi connectivity index (χ0n) is 10.2. The second-order valence-corrected chi connectivity index (χ2v) is 6.77. The number of fused-ring (bicyclic) bond motifs is 1. The predicted molar refractivity (Wildman–Crippen MR) is 78.8 cm³/mol. The van der Waals surface area contributed by atoms with Crippen molar-refractivity contribution in [1.29, 1.82) is 0 Å². The van der Waals surface area contributed by atoms with Crippen LogP contribution in [0.5, 0.6) is 0 Å². The summed E-state index contributed by atoms with van der Waals surface area (Å²) >= 11 is 1.31. The molecule has 1 aromatic heterocycles. The summed E-state index contributed by atoms with van der Waals surface area (Å²) in [5.74, 6) is 0. The van der Waals surface area contributed by atoms with Gasteiger partial charge in [0, 0.05) is 0 Å². The van der Waals surface area contributed by atoms with E-state index < -0.39 is 10.0 Å². The smallest absolute Gasteiger partial charge is 0.267 e. The van der Waals surface area contributed by atoms with E-state index in [0.717, 1.165) is 4.70 Å². The van der Waals surface area contributed by atoms with E-state index in [-0.39, 0.29) is 10.5 Å². The van der Waals surface area contributed by atoms with Crippen LogP contribution in [0, 0.1) is 0 Å². The first-order valence-electron chi connectivity index (χ1n) is 5.71. The van der Waals surface area contributed by atoms with Crippen molar-refractivity contribution in [2.45, 2.75) is 4.90 Å². The third-order valence-corrected chi connectivity index (χ3v) is 4.93. The van der Waals surface area contributed by atoms with Crippen LogP contribution in [0.4, 0.5) is 0 Å².